The quantitative estimate of drug-likeness (QED) is 0.754. The number of benzene rings is 1. The molecule has 1 aromatic carbocycles. The highest BCUT2D eigenvalue weighted by molar-refractivity contribution is 9.10. The van der Waals surface area contributed by atoms with Crippen molar-refractivity contribution in [1.82, 2.24) is 5.32 Å². The number of nitrogens with one attached hydrogen (secondary N) is 1. The van der Waals surface area contributed by atoms with E-state index in [-0.39, 0.29) is 0 Å². The molecule has 0 saturated heterocycles. The molecule has 0 atom stereocenters. The van der Waals surface area contributed by atoms with Crippen molar-refractivity contribution >= 4 is 15.9 Å². The van der Waals surface area contributed by atoms with Crippen molar-refractivity contribution < 1.29 is 4.74 Å². The van der Waals surface area contributed by atoms with Gasteiger partial charge in [0.25, 0.3) is 0 Å². The molecule has 1 aliphatic carbocycles. The van der Waals surface area contributed by atoms with E-state index in [0.717, 1.165) is 35.1 Å². The monoisotopic (exact) mass is 339 g/mol. The van der Waals surface area contributed by atoms with Crippen LogP contribution in [0.15, 0.2) is 22.7 Å². The van der Waals surface area contributed by atoms with Crippen LogP contribution < -0.4 is 10.1 Å². The van der Waals surface area contributed by atoms with Crippen LogP contribution in [0.25, 0.3) is 0 Å². The molecule has 3 heteroatoms. The Balaban J connectivity index is 1.72. The summed E-state index contributed by atoms with van der Waals surface area (Å²) in [5.74, 6) is 2.85. The zero-order valence-corrected chi connectivity index (χ0v) is 14.2. The summed E-state index contributed by atoms with van der Waals surface area (Å²) in [6, 6.07) is 6.17. The van der Waals surface area contributed by atoms with Gasteiger partial charge in [-0.1, -0.05) is 48.5 Å². The number of hydrogen-bond donors (Lipinski definition) is 1. The maximum Gasteiger partial charge on any atom is 0.123 e. The number of ether oxygens (including phenoxy) is 1. The molecule has 1 fully saturated rings. The number of rotatable bonds is 6. The van der Waals surface area contributed by atoms with Crippen molar-refractivity contribution in [1.29, 1.82) is 0 Å². The molecule has 1 N–H and O–H groups in total. The summed E-state index contributed by atoms with van der Waals surface area (Å²) in [5.41, 5.74) is 1.22. The molecule has 20 heavy (non-hydrogen) atoms. The average Bonchev–Trinajstić information content (AvgIpc) is 2.46. The first-order valence-electron chi connectivity index (χ1n) is 7.72. The van der Waals surface area contributed by atoms with Gasteiger partial charge in [-0.2, -0.15) is 0 Å². The van der Waals surface area contributed by atoms with Crippen molar-refractivity contribution in [2.45, 2.75) is 45.6 Å². The molecule has 0 aromatic heterocycles. The third kappa shape index (κ3) is 4.78. The number of methoxy groups -OCH3 is 1. The van der Waals surface area contributed by atoms with Crippen LogP contribution in [0.3, 0.4) is 0 Å². The van der Waals surface area contributed by atoms with Gasteiger partial charge in [0.05, 0.1) is 7.11 Å². The van der Waals surface area contributed by atoms with Gasteiger partial charge >= 0.3 is 0 Å². The first-order chi connectivity index (χ1) is 9.69. The first-order valence-corrected chi connectivity index (χ1v) is 8.51. The summed E-state index contributed by atoms with van der Waals surface area (Å²) >= 11 is 3.52. The summed E-state index contributed by atoms with van der Waals surface area (Å²) < 4.78 is 6.51. The summed E-state index contributed by atoms with van der Waals surface area (Å²) in [6.07, 6.45) is 6.99. The van der Waals surface area contributed by atoms with E-state index in [2.05, 4.69) is 34.2 Å². The maximum atomic E-state index is 5.40. The Bertz CT molecular complexity index is 413. The Kier molecular flexibility index (Phi) is 6.37. The molecule has 2 rings (SSSR count). The standard InChI is InChI=1S/C17H26BrNO/c1-13-3-5-14(6-4-13)9-10-19-12-15-11-16(18)7-8-17(15)20-2/h7-8,11,13-14,19H,3-6,9-10,12H2,1-2H3. The summed E-state index contributed by atoms with van der Waals surface area (Å²) in [7, 11) is 1.73. The van der Waals surface area contributed by atoms with Gasteiger partial charge in [0, 0.05) is 16.6 Å². The van der Waals surface area contributed by atoms with E-state index in [4.69, 9.17) is 4.74 Å². The van der Waals surface area contributed by atoms with Crippen LogP contribution in [-0.2, 0) is 6.54 Å². The summed E-state index contributed by atoms with van der Waals surface area (Å²) in [4.78, 5) is 0. The van der Waals surface area contributed by atoms with Gasteiger partial charge in [0.2, 0.25) is 0 Å². The van der Waals surface area contributed by atoms with Crippen LogP contribution >= 0.6 is 15.9 Å². The zero-order chi connectivity index (χ0) is 14.4. The summed E-state index contributed by atoms with van der Waals surface area (Å²) in [5, 5.41) is 3.56. The fourth-order valence-corrected chi connectivity index (χ4v) is 3.44. The molecule has 1 saturated carbocycles. The van der Waals surface area contributed by atoms with Crippen LogP contribution in [0.5, 0.6) is 5.75 Å². The van der Waals surface area contributed by atoms with Crippen molar-refractivity contribution in [3.05, 3.63) is 28.2 Å². The highest BCUT2D eigenvalue weighted by Gasteiger charge is 2.17. The fourth-order valence-electron chi connectivity index (χ4n) is 3.03. The Labute approximate surface area is 131 Å². The Morgan fingerprint density at radius 3 is 2.70 bits per heavy atom. The minimum Gasteiger partial charge on any atom is -0.496 e. The predicted molar refractivity (Wildman–Crippen MR) is 88.1 cm³/mol. The second-order valence-electron chi connectivity index (χ2n) is 6.05. The van der Waals surface area contributed by atoms with Gasteiger partial charge in [-0.05, 0) is 43.0 Å². The van der Waals surface area contributed by atoms with Gasteiger partial charge in [0.15, 0.2) is 0 Å². The smallest absolute Gasteiger partial charge is 0.123 e. The van der Waals surface area contributed by atoms with Gasteiger partial charge in [-0.3, -0.25) is 0 Å². The lowest BCUT2D eigenvalue weighted by molar-refractivity contribution is 0.275. The molecule has 0 bridgehead atoms. The van der Waals surface area contributed by atoms with Crippen LogP contribution in [0.2, 0.25) is 0 Å². The molecule has 0 aliphatic heterocycles. The van der Waals surface area contributed by atoms with Crippen LogP contribution in [0, 0.1) is 11.8 Å². The minimum atomic E-state index is 0.881. The van der Waals surface area contributed by atoms with Crippen LogP contribution in [0.1, 0.15) is 44.6 Å². The molecular formula is C17H26BrNO. The van der Waals surface area contributed by atoms with Crippen LogP contribution in [-0.4, -0.2) is 13.7 Å². The SMILES string of the molecule is COc1ccc(Br)cc1CNCCC1CCC(C)CC1. The van der Waals surface area contributed by atoms with Crippen LogP contribution in [0.4, 0.5) is 0 Å². The third-order valence-corrected chi connectivity index (χ3v) is 4.92. The third-order valence-electron chi connectivity index (χ3n) is 4.42. The highest BCUT2D eigenvalue weighted by Crippen LogP contribution is 2.30. The molecule has 1 aliphatic rings. The molecular weight excluding hydrogens is 314 g/mol. The molecule has 0 amide bonds. The Morgan fingerprint density at radius 2 is 2.00 bits per heavy atom. The van der Waals surface area contributed by atoms with Crippen molar-refractivity contribution in [3.8, 4) is 5.75 Å². The summed E-state index contributed by atoms with van der Waals surface area (Å²) in [6.45, 7) is 4.37. The fraction of sp³-hybridized carbons (Fsp3) is 0.647. The number of halogens is 1. The van der Waals surface area contributed by atoms with E-state index >= 15 is 0 Å². The van der Waals surface area contributed by atoms with Gasteiger partial charge in [-0.25, -0.2) is 0 Å². The second kappa shape index (κ2) is 8.04. The van der Waals surface area contributed by atoms with Gasteiger partial charge < -0.3 is 10.1 Å². The predicted octanol–water partition coefficient (Wildman–Crippen LogP) is 4.76. The molecule has 112 valence electrons. The second-order valence-corrected chi connectivity index (χ2v) is 6.96. The lowest BCUT2D eigenvalue weighted by Crippen LogP contribution is -2.20. The molecule has 0 spiro atoms. The van der Waals surface area contributed by atoms with E-state index in [1.165, 1.54) is 37.7 Å². The lowest BCUT2D eigenvalue weighted by Gasteiger charge is -2.26. The maximum absolute atomic E-state index is 5.40. The van der Waals surface area contributed by atoms with Crippen molar-refractivity contribution in [2.75, 3.05) is 13.7 Å². The normalized spacial score (nSPS) is 22.8. The molecule has 0 heterocycles. The van der Waals surface area contributed by atoms with E-state index < -0.39 is 0 Å². The van der Waals surface area contributed by atoms with Gasteiger partial charge in [-0.15, -0.1) is 0 Å². The van der Waals surface area contributed by atoms with E-state index in [1.807, 2.05) is 12.1 Å². The van der Waals surface area contributed by atoms with E-state index in [9.17, 15) is 0 Å². The van der Waals surface area contributed by atoms with Crippen molar-refractivity contribution in [2.24, 2.45) is 11.8 Å². The topological polar surface area (TPSA) is 21.3 Å². The minimum absolute atomic E-state index is 0.881. The lowest BCUT2D eigenvalue weighted by atomic mass is 9.81. The van der Waals surface area contributed by atoms with Gasteiger partial charge in [0.1, 0.15) is 5.75 Å². The zero-order valence-electron chi connectivity index (χ0n) is 12.6. The molecule has 2 nitrogen and oxygen atoms in total. The molecule has 0 unspecified atom stereocenters. The average molecular weight is 340 g/mol. The van der Waals surface area contributed by atoms with E-state index in [0.29, 0.717) is 0 Å². The largest absolute Gasteiger partial charge is 0.496 e. The number of hydrogen-bond acceptors (Lipinski definition) is 2. The van der Waals surface area contributed by atoms with E-state index in [1.54, 1.807) is 7.11 Å². The highest BCUT2D eigenvalue weighted by atomic mass is 79.9. The molecule has 1 aromatic rings. The first kappa shape index (κ1) is 15.8. The molecule has 0 radical (unpaired) electrons. The van der Waals surface area contributed by atoms with Crippen molar-refractivity contribution in [3.63, 3.8) is 0 Å². The Hall–Kier alpha value is -0.540. The Morgan fingerprint density at radius 1 is 1.25 bits per heavy atom.